The minimum atomic E-state index is -0.347. The van der Waals surface area contributed by atoms with E-state index in [2.05, 4.69) is 4.98 Å². The summed E-state index contributed by atoms with van der Waals surface area (Å²) >= 11 is 12.1. The number of nitrogens with two attached hydrogens (primary N) is 2. The number of halogens is 3. The molecule has 0 radical (unpaired) electrons. The largest absolute Gasteiger partial charge is 0.504 e. The summed E-state index contributed by atoms with van der Waals surface area (Å²) in [6.45, 7) is 5.17. The first kappa shape index (κ1) is 25.2. The summed E-state index contributed by atoms with van der Waals surface area (Å²) in [4.78, 5) is 6.42. The van der Waals surface area contributed by atoms with Crippen LogP contribution < -0.4 is 11.6 Å². The molecular formula is C20H30Cl2FN5O. The van der Waals surface area contributed by atoms with Crippen molar-refractivity contribution in [2.24, 2.45) is 11.6 Å². The van der Waals surface area contributed by atoms with Gasteiger partial charge >= 0.3 is 0 Å². The third-order valence-electron chi connectivity index (χ3n) is 3.93. The maximum Gasteiger partial charge on any atom is 0.160 e. The number of likely N-dealkylation sites (N-methyl/N-ethyl adjacent to an activating group) is 1. The van der Waals surface area contributed by atoms with E-state index in [0.29, 0.717) is 54.1 Å². The molecular weight excluding hydrogens is 416 g/mol. The van der Waals surface area contributed by atoms with Crippen LogP contribution >= 0.6 is 23.2 Å². The number of aromatic hydroxyl groups is 1. The first-order valence-electron chi connectivity index (χ1n) is 9.50. The van der Waals surface area contributed by atoms with E-state index in [1.165, 1.54) is 11.1 Å². The van der Waals surface area contributed by atoms with Gasteiger partial charge in [-0.3, -0.25) is 9.29 Å². The Labute approximate surface area is 181 Å². The smallest absolute Gasteiger partial charge is 0.160 e. The van der Waals surface area contributed by atoms with Crippen LogP contribution in [0.2, 0.25) is 10.0 Å². The number of pyridine rings is 1. The zero-order valence-corrected chi connectivity index (χ0v) is 18.6. The molecule has 0 unspecified atom stereocenters. The summed E-state index contributed by atoms with van der Waals surface area (Å²) in [5.41, 5.74) is 7.69. The highest BCUT2D eigenvalue weighted by Crippen LogP contribution is 2.36. The van der Waals surface area contributed by atoms with Gasteiger partial charge in [0.2, 0.25) is 0 Å². The molecule has 0 aliphatic carbocycles. The van der Waals surface area contributed by atoms with E-state index in [-0.39, 0.29) is 17.4 Å². The molecule has 0 bridgehead atoms. The van der Waals surface area contributed by atoms with Gasteiger partial charge in [-0.2, -0.15) is 0 Å². The maximum atomic E-state index is 12.1. The first-order chi connectivity index (χ1) is 13.8. The Bertz CT molecular complexity index is 819. The van der Waals surface area contributed by atoms with Crippen molar-refractivity contribution in [2.75, 3.05) is 26.8 Å². The van der Waals surface area contributed by atoms with E-state index < -0.39 is 0 Å². The highest BCUT2D eigenvalue weighted by molar-refractivity contribution is 6.39. The first-order valence-corrected chi connectivity index (χ1v) is 10.3. The van der Waals surface area contributed by atoms with Gasteiger partial charge in [0.05, 0.1) is 22.4 Å². The van der Waals surface area contributed by atoms with Crippen LogP contribution in [-0.2, 0) is 6.54 Å². The summed E-state index contributed by atoms with van der Waals surface area (Å²) in [6, 6.07) is 5.13. The fourth-order valence-electron chi connectivity index (χ4n) is 2.68. The standard InChI is InChI=1S/C18H24Cl2FN5O.C2H6/c1-25(9-12(22)10-26(23)7-3-2-6-21)11-13-4-5-14-15(19)8-16(20)18(27)17(14)24-13;1-2/h4-5,8,10,27H,2-3,6-7,9,11,22-23H2,1H3;1-2H3/b12-10-;. The quantitative estimate of drug-likeness (QED) is 0.300. The number of unbranched alkanes of at least 4 members (excludes halogenated alkanes) is 1. The zero-order valence-electron chi connectivity index (χ0n) is 17.1. The highest BCUT2D eigenvalue weighted by atomic mass is 35.5. The Morgan fingerprint density at radius 1 is 1.24 bits per heavy atom. The van der Waals surface area contributed by atoms with Crippen LogP contribution in [0.25, 0.3) is 10.9 Å². The number of benzene rings is 1. The average Bonchev–Trinajstić information content (AvgIpc) is 2.67. The number of phenolic OH excluding ortho intramolecular Hbond substituents is 1. The fourth-order valence-corrected chi connectivity index (χ4v) is 3.20. The average molecular weight is 446 g/mol. The molecule has 2 aromatic rings. The van der Waals surface area contributed by atoms with Crippen LogP contribution in [-0.4, -0.2) is 46.8 Å². The summed E-state index contributed by atoms with van der Waals surface area (Å²) in [5, 5.41) is 12.8. The predicted molar refractivity (Wildman–Crippen MR) is 119 cm³/mol. The number of hydrogen-bond donors (Lipinski definition) is 3. The van der Waals surface area contributed by atoms with E-state index in [1.54, 1.807) is 12.3 Å². The van der Waals surface area contributed by atoms with E-state index in [0.717, 1.165) is 5.69 Å². The molecule has 0 amide bonds. The summed E-state index contributed by atoms with van der Waals surface area (Å²) in [7, 11) is 1.89. The van der Waals surface area contributed by atoms with Crippen LogP contribution in [0.15, 0.2) is 30.1 Å². The van der Waals surface area contributed by atoms with E-state index >= 15 is 0 Å². The molecule has 1 heterocycles. The second-order valence-electron chi connectivity index (χ2n) is 6.40. The van der Waals surface area contributed by atoms with Gasteiger partial charge in [0.25, 0.3) is 0 Å². The lowest BCUT2D eigenvalue weighted by Gasteiger charge is -2.19. The number of nitrogens with zero attached hydrogens (tertiary/aromatic N) is 3. The van der Waals surface area contributed by atoms with E-state index in [1.807, 2.05) is 31.9 Å². The topological polar surface area (TPSA) is 91.6 Å². The minimum absolute atomic E-state index is 0.0907. The van der Waals surface area contributed by atoms with E-state index in [9.17, 15) is 9.50 Å². The van der Waals surface area contributed by atoms with Gasteiger partial charge in [-0.05, 0) is 38.1 Å². The van der Waals surface area contributed by atoms with Crippen molar-refractivity contribution >= 4 is 34.1 Å². The van der Waals surface area contributed by atoms with Crippen LogP contribution in [0.3, 0.4) is 0 Å². The highest BCUT2D eigenvalue weighted by Gasteiger charge is 2.12. The molecule has 1 aromatic carbocycles. The zero-order chi connectivity index (χ0) is 22.0. The molecule has 0 atom stereocenters. The molecule has 0 saturated heterocycles. The van der Waals surface area contributed by atoms with Gasteiger partial charge in [-0.15, -0.1) is 0 Å². The SMILES string of the molecule is CC.CN(C/C(N)=C/N(N)CCCCF)Cc1ccc2c(Cl)cc(Cl)c(O)c2n1. The summed E-state index contributed by atoms with van der Waals surface area (Å²) < 4.78 is 12.1. The van der Waals surface area contributed by atoms with Gasteiger partial charge in [0.15, 0.2) is 5.75 Å². The van der Waals surface area contributed by atoms with Crippen molar-refractivity contribution in [3.05, 3.63) is 45.8 Å². The van der Waals surface area contributed by atoms with Gasteiger partial charge in [0.1, 0.15) is 5.52 Å². The van der Waals surface area contributed by atoms with Gasteiger partial charge < -0.3 is 15.8 Å². The number of rotatable bonds is 9. The van der Waals surface area contributed by atoms with Crippen molar-refractivity contribution in [3.63, 3.8) is 0 Å². The molecule has 9 heteroatoms. The molecule has 6 nitrogen and oxygen atoms in total. The Morgan fingerprint density at radius 2 is 1.93 bits per heavy atom. The van der Waals surface area contributed by atoms with Crippen molar-refractivity contribution in [1.29, 1.82) is 0 Å². The molecule has 0 fully saturated rings. The Kier molecular flexibility index (Phi) is 11.0. The number of phenols is 1. The summed E-state index contributed by atoms with van der Waals surface area (Å²) in [5.74, 6) is 5.73. The van der Waals surface area contributed by atoms with Crippen LogP contribution in [0.5, 0.6) is 5.75 Å². The Morgan fingerprint density at radius 3 is 2.59 bits per heavy atom. The number of alkyl halides is 1. The monoisotopic (exact) mass is 445 g/mol. The van der Waals surface area contributed by atoms with Crippen molar-refractivity contribution in [1.82, 2.24) is 14.9 Å². The van der Waals surface area contributed by atoms with Gasteiger partial charge in [-0.1, -0.05) is 37.0 Å². The number of hydrogen-bond acceptors (Lipinski definition) is 6. The molecule has 0 aliphatic rings. The molecule has 1 aromatic heterocycles. The molecule has 29 heavy (non-hydrogen) atoms. The molecule has 162 valence electrons. The lowest BCUT2D eigenvalue weighted by molar-refractivity contribution is 0.334. The number of hydrazine groups is 1. The van der Waals surface area contributed by atoms with Gasteiger partial charge in [0, 0.05) is 36.9 Å². The summed E-state index contributed by atoms with van der Waals surface area (Å²) in [6.07, 6.45) is 2.80. The lowest BCUT2D eigenvalue weighted by Crippen LogP contribution is -2.30. The van der Waals surface area contributed by atoms with E-state index in [4.69, 9.17) is 34.8 Å². The number of fused-ring (bicyclic) bond motifs is 1. The molecule has 0 saturated carbocycles. The number of aromatic nitrogens is 1. The third kappa shape index (κ3) is 7.85. The maximum absolute atomic E-state index is 12.1. The van der Waals surface area contributed by atoms with Gasteiger partial charge in [-0.25, -0.2) is 10.8 Å². The molecule has 5 N–H and O–H groups in total. The second-order valence-corrected chi connectivity index (χ2v) is 7.21. The molecule has 2 rings (SSSR count). The third-order valence-corrected chi connectivity index (χ3v) is 4.53. The second kappa shape index (κ2) is 12.7. The van der Waals surface area contributed by atoms with Crippen LogP contribution in [0, 0.1) is 0 Å². The minimum Gasteiger partial charge on any atom is -0.504 e. The van der Waals surface area contributed by atoms with Crippen LogP contribution in [0.4, 0.5) is 4.39 Å². The van der Waals surface area contributed by atoms with Crippen molar-refractivity contribution in [2.45, 2.75) is 33.2 Å². The fraction of sp³-hybridized carbons (Fsp3) is 0.450. The molecule has 0 spiro atoms. The van der Waals surface area contributed by atoms with Crippen molar-refractivity contribution in [3.8, 4) is 5.75 Å². The molecule has 0 aliphatic heterocycles. The lowest BCUT2D eigenvalue weighted by atomic mass is 10.2. The van der Waals surface area contributed by atoms with Crippen molar-refractivity contribution < 1.29 is 9.50 Å². The predicted octanol–water partition coefficient (Wildman–Crippen LogP) is 4.43. The normalized spacial score (nSPS) is 11.5. The van der Waals surface area contributed by atoms with Crippen LogP contribution in [0.1, 0.15) is 32.4 Å². The Hall–Kier alpha value is -1.80. The Balaban J connectivity index is 0.00000204.